The normalized spacial score (nSPS) is 15.2. The maximum atomic E-state index is 15.3. The number of benzene rings is 8. The van der Waals surface area contributed by atoms with Gasteiger partial charge >= 0.3 is 11.9 Å². The van der Waals surface area contributed by atoms with Crippen LogP contribution in [-0.4, -0.2) is 73.2 Å². The van der Waals surface area contributed by atoms with Crippen LogP contribution in [0.1, 0.15) is 298 Å². The van der Waals surface area contributed by atoms with Crippen molar-refractivity contribution < 1.29 is 52.9 Å². The van der Waals surface area contributed by atoms with Gasteiger partial charge in [0.2, 0.25) is 0 Å². The van der Waals surface area contributed by atoms with E-state index in [0.717, 1.165) is 86.5 Å². The van der Waals surface area contributed by atoms with Crippen molar-refractivity contribution >= 4 is 91.7 Å². The van der Waals surface area contributed by atoms with Gasteiger partial charge in [0.1, 0.15) is 11.5 Å². The number of rotatable bonds is 22. The van der Waals surface area contributed by atoms with Crippen LogP contribution in [0.5, 0.6) is 11.5 Å². The molecule has 0 saturated heterocycles. The summed E-state index contributed by atoms with van der Waals surface area (Å²) in [4.78, 5) is 123. The minimum atomic E-state index is -1.32. The summed E-state index contributed by atoms with van der Waals surface area (Å²) in [5.41, 5.74) is 8.73. The minimum absolute atomic E-state index is 0.00152. The molecule has 2 fully saturated rings. The van der Waals surface area contributed by atoms with Crippen molar-refractivity contribution in [2.75, 3.05) is 40.3 Å². The minimum Gasteiger partial charge on any atom is -0.478 e. The van der Waals surface area contributed by atoms with Crippen LogP contribution < -0.4 is 24.3 Å². The highest BCUT2D eigenvalue weighted by Crippen LogP contribution is 2.48. The van der Waals surface area contributed by atoms with Crippen molar-refractivity contribution in [2.45, 2.75) is 182 Å². The van der Waals surface area contributed by atoms with E-state index in [0.29, 0.717) is 46.1 Å². The SMILES string of the molecule is CCCCC(CC)COC(=O)c1ccc2c3c(ccc(C(=O)N(C)c4ccc(Oc5ccc(N(C)C(=O)c6ccc7c8c(ccc(C(=O)O)c68)C(=O)N(c6c(C(C)C)cc(C8CCCC8)cc6C(C)C)C7=O)cc5)cc4)c13)C(=O)N(c1c(C(C)C)cc(C3CCCC3)cc1C(C)C)C2=O. The van der Waals surface area contributed by atoms with Gasteiger partial charge in [0.05, 0.1) is 29.1 Å². The summed E-state index contributed by atoms with van der Waals surface area (Å²) in [6.45, 7) is 20.9. The Morgan fingerprint density at radius 2 is 0.818 bits per heavy atom. The monoisotopic (exact) mass is 1330 g/mol. The third kappa shape index (κ3) is 12.7. The molecule has 1 atom stereocenters. The van der Waals surface area contributed by atoms with E-state index in [2.05, 4.69) is 93.5 Å². The fraction of sp³-hybridized carbons (Fsp3) is 0.381. The molecule has 512 valence electrons. The van der Waals surface area contributed by atoms with Crippen molar-refractivity contribution in [1.82, 2.24) is 0 Å². The van der Waals surface area contributed by atoms with Crippen LogP contribution in [0.15, 0.2) is 121 Å². The van der Waals surface area contributed by atoms with Gasteiger partial charge in [-0.1, -0.05) is 138 Å². The maximum Gasteiger partial charge on any atom is 0.338 e. The number of anilines is 4. The van der Waals surface area contributed by atoms with Gasteiger partial charge in [0, 0.05) is 80.4 Å². The molecule has 15 heteroatoms. The van der Waals surface area contributed by atoms with Gasteiger partial charge in [0.25, 0.3) is 35.4 Å². The lowest BCUT2D eigenvalue weighted by molar-refractivity contribution is 0.0429. The van der Waals surface area contributed by atoms with Crippen molar-refractivity contribution in [1.29, 1.82) is 0 Å². The molecule has 99 heavy (non-hydrogen) atoms. The molecule has 2 heterocycles. The van der Waals surface area contributed by atoms with Gasteiger partial charge in [-0.25, -0.2) is 19.4 Å². The zero-order chi connectivity index (χ0) is 70.6. The van der Waals surface area contributed by atoms with Crippen LogP contribution in [0.4, 0.5) is 22.7 Å². The standard InChI is InChI=1S/C84H90N4O11/c1-13-15-20-50(14-2)45-98-84(97)66-40-38-64-72-62(80(92)88(82(64)94)76-69(48(7)8)43-54(44-70(76)49(9)10)52-23-18-19-24-52)36-34-60(74(66)72)78(90)86(12)56-27-31-58(32-28-56)99-57-29-25-55(26-30-57)85(11)77(89)59-33-35-61-71-63(37-39-65(73(59)71)83(95)96)81(93)87(79(61)91)75-67(46(3)4)41-53(42-68(75)47(5)6)51-21-16-17-22-51/h25-44,46-52H,13-24,45H2,1-12H3,(H,95,96). The molecule has 2 saturated carbocycles. The molecule has 0 aromatic heterocycles. The Hall–Kier alpha value is -9.76. The molecule has 8 aromatic carbocycles. The number of carbonyl (C=O) groups excluding carboxylic acids is 7. The number of hydrogen-bond donors (Lipinski definition) is 1. The van der Waals surface area contributed by atoms with Gasteiger partial charge in [0.15, 0.2) is 0 Å². The molecule has 12 rings (SSSR count). The summed E-state index contributed by atoms with van der Waals surface area (Å²) in [6, 6.07) is 34.3. The number of hydrogen-bond acceptors (Lipinski definition) is 10. The Bertz CT molecular complexity index is 4490. The van der Waals surface area contributed by atoms with Crippen LogP contribution in [0.2, 0.25) is 0 Å². The van der Waals surface area contributed by atoms with Crippen molar-refractivity contribution in [3.63, 3.8) is 0 Å². The number of ether oxygens (including phenoxy) is 2. The summed E-state index contributed by atoms with van der Waals surface area (Å²) in [7, 11) is 3.16. The fourth-order valence-corrected chi connectivity index (χ4v) is 15.5. The smallest absolute Gasteiger partial charge is 0.338 e. The molecule has 0 radical (unpaired) electrons. The zero-order valence-electron chi connectivity index (χ0n) is 59.1. The molecular formula is C84H90N4O11. The van der Waals surface area contributed by atoms with Gasteiger partial charge in [-0.05, 0) is 204 Å². The lowest BCUT2D eigenvalue weighted by Gasteiger charge is -2.33. The van der Waals surface area contributed by atoms with Crippen molar-refractivity contribution in [2.24, 2.45) is 5.92 Å². The predicted octanol–water partition coefficient (Wildman–Crippen LogP) is 19.8. The summed E-state index contributed by atoms with van der Waals surface area (Å²) in [5, 5.41) is 11.1. The number of carbonyl (C=O) groups is 8. The molecule has 1 unspecified atom stereocenters. The van der Waals surface area contributed by atoms with Crippen molar-refractivity contribution in [3.8, 4) is 11.5 Å². The highest BCUT2D eigenvalue weighted by atomic mass is 16.5. The number of aromatic carboxylic acids is 1. The summed E-state index contributed by atoms with van der Waals surface area (Å²) < 4.78 is 12.4. The van der Waals surface area contributed by atoms with Crippen LogP contribution >= 0.6 is 0 Å². The molecule has 1 N–H and O–H groups in total. The average molecular weight is 1330 g/mol. The summed E-state index contributed by atoms with van der Waals surface area (Å²) in [5.74, 6) is -3.64. The number of esters is 1. The van der Waals surface area contributed by atoms with Crippen molar-refractivity contribution in [3.05, 3.63) is 199 Å². The maximum absolute atomic E-state index is 15.3. The van der Waals surface area contributed by atoms with Crippen LogP contribution in [-0.2, 0) is 4.74 Å². The second kappa shape index (κ2) is 28.2. The highest BCUT2D eigenvalue weighted by molar-refractivity contribution is 6.40. The summed E-state index contributed by atoms with van der Waals surface area (Å²) in [6.07, 6.45) is 12.7. The van der Waals surface area contributed by atoms with Gasteiger partial charge < -0.3 is 24.4 Å². The van der Waals surface area contributed by atoms with E-state index in [1.807, 2.05) is 0 Å². The Kier molecular flexibility index (Phi) is 19.7. The largest absolute Gasteiger partial charge is 0.478 e. The Balaban J connectivity index is 0.806. The van der Waals surface area contributed by atoms with E-state index in [9.17, 15) is 29.1 Å². The number of carboxylic acids is 1. The van der Waals surface area contributed by atoms with Gasteiger partial charge in [-0.15, -0.1) is 0 Å². The molecule has 6 amide bonds. The molecular weight excluding hydrogens is 1240 g/mol. The van der Waals surface area contributed by atoms with E-state index in [4.69, 9.17) is 9.47 Å². The van der Waals surface area contributed by atoms with Crippen LogP contribution in [0.3, 0.4) is 0 Å². The van der Waals surface area contributed by atoms with Gasteiger partial charge in [-0.3, -0.25) is 28.8 Å². The van der Waals surface area contributed by atoms with Crippen LogP contribution in [0, 0.1) is 5.92 Å². The number of carboxylic acid groups (broad SMARTS) is 1. The number of amides is 6. The van der Waals surface area contributed by atoms with Crippen LogP contribution in [0.25, 0.3) is 21.5 Å². The number of unbranched alkanes of at least 4 members (excludes halogenated alkanes) is 1. The first kappa shape index (κ1) is 69.2. The Morgan fingerprint density at radius 1 is 0.475 bits per heavy atom. The Labute approximate surface area is 580 Å². The second-order valence-corrected chi connectivity index (χ2v) is 28.8. The van der Waals surface area contributed by atoms with E-state index in [1.54, 1.807) is 86.9 Å². The third-order valence-electron chi connectivity index (χ3n) is 21.2. The Morgan fingerprint density at radius 3 is 1.15 bits per heavy atom. The first-order chi connectivity index (χ1) is 47.4. The fourth-order valence-electron chi connectivity index (χ4n) is 15.5. The average Bonchev–Trinajstić information content (AvgIpc) is 1.43. The highest BCUT2D eigenvalue weighted by Gasteiger charge is 2.43. The molecule has 2 aliphatic heterocycles. The number of nitrogens with zero attached hydrogens (tertiary/aromatic N) is 4. The molecule has 4 aliphatic rings. The lowest BCUT2D eigenvalue weighted by atomic mass is 9.83. The molecule has 0 spiro atoms. The third-order valence-corrected chi connectivity index (χ3v) is 21.2. The van der Waals surface area contributed by atoms with Gasteiger partial charge in [-0.2, -0.15) is 0 Å². The lowest BCUT2D eigenvalue weighted by Crippen LogP contribution is -2.42. The molecule has 2 aliphatic carbocycles. The summed E-state index contributed by atoms with van der Waals surface area (Å²) >= 11 is 0. The quantitative estimate of drug-likeness (QED) is 0.0502. The van der Waals surface area contributed by atoms with E-state index >= 15 is 14.4 Å². The topological polar surface area (TPSA) is 188 Å². The van der Waals surface area contributed by atoms with E-state index in [1.165, 1.54) is 67.8 Å². The first-order valence-electron chi connectivity index (χ1n) is 35.6. The zero-order valence-corrected chi connectivity index (χ0v) is 59.1. The first-order valence-corrected chi connectivity index (χ1v) is 35.6. The number of imide groups is 2. The molecule has 0 bridgehead atoms. The van der Waals surface area contributed by atoms with E-state index < -0.39 is 47.4 Å². The second-order valence-electron chi connectivity index (χ2n) is 28.8. The predicted molar refractivity (Wildman–Crippen MR) is 391 cm³/mol. The molecule has 8 aromatic rings. The van der Waals surface area contributed by atoms with E-state index in [-0.39, 0.29) is 102 Å². The molecule has 15 nitrogen and oxygen atoms in total.